The van der Waals surface area contributed by atoms with Gasteiger partial charge in [0.25, 0.3) is 5.69 Å². The number of nitro benzene ring substituents is 1. The summed E-state index contributed by atoms with van der Waals surface area (Å²) in [6, 6.07) is 3.93. The summed E-state index contributed by atoms with van der Waals surface area (Å²) in [5, 5.41) is 17.6. The molecule has 86 valence electrons. The molecule has 0 unspecified atom stereocenters. The minimum absolute atomic E-state index is 0.0121. The van der Waals surface area contributed by atoms with E-state index in [1.807, 2.05) is 0 Å². The zero-order valence-electron chi connectivity index (χ0n) is 8.27. The number of halogens is 1. The molecule has 6 nitrogen and oxygen atoms in total. The first-order valence-corrected chi connectivity index (χ1v) is 4.78. The molecule has 0 aromatic heterocycles. The van der Waals surface area contributed by atoms with Gasteiger partial charge in [-0.25, -0.2) is 0 Å². The molecular formula is C9H10ClN3O3. The van der Waals surface area contributed by atoms with Crippen molar-refractivity contribution < 1.29 is 9.66 Å². The highest BCUT2D eigenvalue weighted by molar-refractivity contribution is 6.32. The third-order valence-corrected chi connectivity index (χ3v) is 2.05. The lowest BCUT2D eigenvalue weighted by Crippen LogP contribution is -2.13. The average Bonchev–Trinajstić information content (AvgIpc) is 2.19. The fourth-order valence-corrected chi connectivity index (χ4v) is 1.22. The van der Waals surface area contributed by atoms with Gasteiger partial charge in [-0.15, -0.1) is 0 Å². The summed E-state index contributed by atoms with van der Waals surface area (Å²) in [6.45, 7) is 0.215. The summed E-state index contributed by atoms with van der Waals surface area (Å²) in [5.41, 5.74) is 5.05. The molecule has 0 radical (unpaired) electrons. The number of nitrogens with zero attached hydrogens (tertiary/aromatic N) is 1. The Labute approximate surface area is 96.6 Å². The molecule has 0 saturated heterocycles. The van der Waals surface area contributed by atoms with E-state index in [0.29, 0.717) is 5.75 Å². The molecule has 0 aliphatic carbocycles. The predicted molar refractivity (Wildman–Crippen MR) is 60.1 cm³/mol. The fourth-order valence-electron chi connectivity index (χ4n) is 0.991. The lowest BCUT2D eigenvalue weighted by Gasteiger charge is -2.06. The van der Waals surface area contributed by atoms with Gasteiger partial charge in [0.2, 0.25) is 0 Å². The van der Waals surface area contributed by atoms with Crippen molar-refractivity contribution in [3.63, 3.8) is 0 Å². The van der Waals surface area contributed by atoms with Gasteiger partial charge in [0.15, 0.2) is 0 Å². The van der Waals surface area contributed by atoms with Crippen LogP contribution < -0.4 is 10.5 Å². The molecule has 0 bridgehead atoms. The Balaban J connectivity index is 2.68. The van der Waals surface area contributed by atoms with E-state index in [4.69, 9.17) is 27.5 Å². The van der Waals surface area contributed by atoms with Crippen LogP contribution in [-0.2, 0) is 0 Å². The SMILES string of the molecule is N=C(N)CCOc1ccc([N+](=O)[O-])cc1Cl. The van der Waals surface area contributed by atoms with Crippen LogP contribution in [-0.4, -0.2) is 17.4 Å². The maximum Gasteiger partial charge on any atom is 0.271 e. The highest BCUT2D eigenvalue weighted by atomic mass is 35.5. The van der Waals surface area contributed by atoms with Crippen molar-refractivity contribution in [2.24, 2.45) is 5.73 Å². The largest absolute Gasteiger partial charge is 0.492 e. The second-order valence-corrected chi connectivity index (χ2v) is 3.40. The van der Waals surface area contributed by atoms with Gasteiger partial charge in [0.05, 0.1) is 22.4 Å². The topological polar surface area (TPSA) is 102 Å². The highest BCUT2D eigenvalue weighted by Gasteiger charge is 2.09. The van der Waals surface area contributed by atoms with Crippen LogP contribution in [0.3, 0.4) is 0 Å². The number of non-ortho nitro benzene ring substituents is 1. The molecule has 0 amide bonds. The van der Waals surface area contributed by atoms with E-state index in [9.17, 15) is 10.1 Å². The Morgan fingerprint density at radius 2 is 2.31 bits per heavy atom. The Bertz CT molecular complexity index is 422. The first kappa shape index (κ1) is 12.3. The number of ether oxygens (including phenoxy) is 1. The van der Waals surface area contributed by atoms with E-state index in [-0.39, 0.29) is 29.6 Å². The molecule has 0 atom stereocenters. The smallest absolute Gasteiger partial charge is 0.271 e. The number of amidine groups is 1. The van der Waals surface area contributed by atoms with Crippen molar-refractivity contribution in [2.75, 3.05) is 6.61 Å². The van der Waals surface area contributed by atoms with Gasteiger partial charge in [-0.05, 0) is 6.07 Å². The third kappa shape index (κ3) is 3.39. The van der Waals surface area contributed by atoms with E-state index in [1.165, 1.54) is 18.2 Å². The number of hydrogen-bond donors (Lipinski definition) is 2. The Morgan fingerprint density at radius 1 is 1.62 bits per heavy atom. The Hall–Kier alpha value is -1.82. The molecule has 16 heavy (non-hydrogen) atoms. The van der Waals surface area contributed by atoms with E-state index < -0.39 is 4.92 Å². The molecular weight excluding hydrogens is 234 g/mol. The van der Waals surface area contributed by atoms with Gasteiger partial charge in [-0.1, -0.05) is 11.6 Å². The fraction of sp³-hybridized carbons (Fsp3) is 0.222. The van der Waals surface area contributed by atoms with Crippen LogP contribution in [0, 0.1) is 15.5 Å². The lowest BCUT2D eigenvalue weighted by atomic mass is 10.3. The minimum atomic E-state index is -0.536. The maximum atomic E-state index is 10.4. The molecule has 0 heterocycles. The van der Waals surface area contributed by atoms with Crippen LogP contribution in [0.25, 0.3) is 0 Å². The Morgan fingerprint density at radius 3 is 2.81 bits per heavy atom. The Kier molecular flexibility index (Phi) is 4.07. The number of nitrogens with two attached hydrogens (primary N) is 1. The van der Waals surface area contributed by atoms with Crippen molar-refractivity contribution in [3.8, 4) is 5.75 Å². The van der Waals surface area contributed by atoms with E-state index in [0.717, 1.165) is 0 Å². The predicted octanol–water partition coefficient (Wildman–Crippen LogP) is 1.95. The molecule has 0 aliphatic heterocycles. The zero-order valence-corrected chi connectivity index (χ0v) is 9.03. The van der Waals surface area contributed by atoms with E-state index in [1.54, 1.807) is 0 Å². The molecule has 1 aromatic carbocycles. The second-order valence-electron chi connectivity index (χ2n) is 3.00. The zero-order chi connectivity index (χ0) is 12.1. The van der Waals surface area contributed by atoms with Gasteiger partial charge >= 0.3 is 0 Å². The normalized spacial score (nSPS) is 9.81. The molecule has 0 spiro atoms. The molecule has 1 aromatic rings. The molecule has 0 saturated carbocycles. The van der Waals surface area contributed by atoms with Crippen LogP contribution in [0.1, 0.15) is 6.42 Å². The number of hydrogen-bond acceptors (Lipinski definition) is 4. The number of rotatable bonds is 5. The summed E-state index contributed by atoms with van der Waals surface area (Å²) >= 11 is 5.77. The molecule has 1 rings (SSSR count). The van der Waals surface area contributed by atoms with Crippen LogP contribution in [0.4, 0.5) is 5.69 Å². The summed E-state index contributed by atoms with van der Waals surface area (Å²) in [6.07, 6.45) is 0.285. The van der Waals surface area contributed by atoms with Crippen molar-refractivity contribution in [3.05, 3.63) is 33.3 Å². The van der Waals surface area contributed by atoms with Gasteiger partial charge in [0, 0.05) is 18.6 Å². The van der Waals surface area contributed by atoms with Crippen LogP contribution in [0.15, 0.2) is 18.2 Å². The lowest BCUT2D eigenvalue weighted by molar-refractivity contribution is -0.384. The third-order valence-electron chi connectivity index (χ3n) is 1.76. The number of nitrogens with one attached hydrogen (secondary N) is 1. The number of benzene rings is 1. The van der Waals surface area contributed by atoms with Crippen molar-refractivity contribution in [2.45, 2.75) is 6.42 Å². The van der Waals surface area contributed by atoms with Crippen LogP contribution in [0.2, 0.25) is 5.02 Å². The standard InChI is InChI=1S/C9H10ClN3O3/c10-7-5-6(13(14)15)1-2-8(7)16-4-3-9(11)12/h1-2,5H,3-4H2,(H3,11,12). The first-order chi connectivity index (χ1) is 7.50. The summed E-state index contributed by atoms with van der Waals surface area (Å²) in [4.78, 5) is 9.89. The van der Waals surface area contributed by atoms with Crippen LogP contribution in [0.5, 0.6) is 5.75 Å². The van der Waals surface area contributed by atoms with Crippen molar-refractivity contribution in [1.82, 2.24) is 0 Å². The van der Waals surface area contributed by atoms with Crippen molar-refractivity contribution >= 4 is 23.1 Å². The molecule has 7 heteroatoms. The number of nitro groups is 1. The van der Waals surface area contributed by atoms with Gasteiger partial charge in [-0.3, -0.25) is 15.5 Å². The van der Waals surface area contributed by atoms with E-state index in [2.05, 4.69) is 0 Å². The van der Waals surface area contributed by atoms with E-state index >= 15 is 0 Å². The van der Waals surface area contributed by atoms with Gasteiger partial charge in [-0.2, -0.15) is 0 Å². The molecule has 0 fully saturated rings. The molecule has 3 N–H and O–H groups in total. The maximum absolute atomic E-state index is 10.4. The monoisotopic (exact) mass is 243 g/mol. The average molecular weight is 244 g/mol. The summed E-state index contributed by atoms with van der Waals surface area (Å²) in [7, 11) is 0. The molecule has 0 aliphatic rings. The summed E-state index contributed by atoms with van der Waals surface area (Å²) in [5.74, 6) is 0.353. The van der Waals surface area contributed by atoms with Gasteiger partial charge in [0.1, 0.15) is 5.75 Å². The second kappa shape index (κ2) is 5.32. The van der Waals surface area contributed by atoms with Gasteiger partial charge < -0.3 is 10.5 Å². The quantitative estimate of drug-likeness (QED) is 0.357. The first-order valence-electron chi connectivity index (χ1n) is 4.40. The van der Waals surface area contributed by atoms with Crippen LogP contribution >= 0.6 is 11.6 Å². The van der Waals surface area contributed by atoms with Crippen molar-refractivity contribution in [1.29, 1.82) is 5.41 Å². The minimum Gasteiger partial charge on any atom is -0.492 e. The summed E-state index contributed by atoms with van der Waals surface area (Å²) < 4.78 is 5.21. The highest BCUT2D eigenvalue weighted by Crippen LogP contribution is 2.28.